The largest absolute Gasteiger partial charge is 0.493 e. The van der Waals surface area contributed by atoms with Crippen LogP contribution in [0.3, 0.4) is 0 Å². The Hall–Kier alpha value is -4.16. The third kappa shape index (κ3) is 5.65. The van der Waals surface area contributed by atoms with Crippen molar-refractivity contribution >= 4 is 33.9 Å². The van der Waals surface area contributed by atoms with Gasteiger partial charge in [0.1, 0.15) is 6.61 Å². The molecule has 37 heavy (non-hydrogen) atoms. The van der Waals surface area contributed by atoms with E-state index in [2.05, 4.69) is 27.0 Å². The number of esters is 1. The molecule has 0 saturated heterocycles. The zero-order chi connectivity index (χ0) is 25.8. The van der Waals surface area contributed by atoms with Crippen LogP contribution in [0.4, 0.5) is 0 Å². The minimum atomic E-state index is -0.503. The van der Waals surface area contributed by atoms with Crippen LogP contribution >= 0.6 is 15.9 Å². The van der Waals surface area contributed by atoms with E-state index in [1.165, 1.54) is 5.56 Å². The molecule has 6 heteroatoms. The summed E-state index contributed by atoms with van der Waals surface area (Å²) < 4.78 is 17.8. The van der Waals surface area contributed by atoms with Gasteiger partial charge in [-0.2, -0.15) is 0 Å². The van der Waals surface area contributed by atoms with E-state index in [1.54, 1.807) is 19.3 Å². The van der Waals surface area contributed by atoms with Gasteiger partial charge in [0.2, 0.25) is 5.90 Å². The fraction of sp³-hybridized carbons (Fsp3) is 0.0968. The molecule has 0 spiro atoms. The molecule has 0 aromatic heterocycles. The van der Waals surface area contributed by atoms with Gasteiger partial charge in [0.15, 0.2) is 17.2 Å². The summed E-state index contributed by atoms with van der Waals surface area (Å²) in [5.41, 5.74) is 6.09. The predicted molar refractivity (Wildman–Crippen MR) is 149 cm³/mol. The maximum Gasteiger partial charge on any atom is 0.363 e. The Morgan fingerprint density at radius 2 is 1.62 bits per heavy atom. The van der Waals surface area contributed by atoms with Gasteiger partial charge < -0.3 is 14.2 Å². The van der Waals surface area contributed by atoms with E-state index in [0.717, 1.165) is 27.8 Å². The molecule has 0 aliphatic carbocycles. The molecule has 0 N–H and O–H groups in total. The van der Waals surface area contributed by atoms with E-state index < -0.39 is 5.97 Å². The van der Waals surface area contributed by atoms with Crippen LogP contribution in [0.2, 0.25) is 0 Å². The van der Waals surface area contributed by atoms with Gasteiger partial charge in [-0.3, -0.25) is 0 Å². The number of cyclic esters (lactones) is 1. The number of rotatable bonds is 7. The van der Waals surface area contributed by atoms with Crippen molar-refractivity contribution in [1.82, 2.24) is 0 Å². The number of hydrogen-bond donors (Lipinski definition) is 0. The lowest BCUT2D eigenvalue weighted by molar-refractivity contribution is -0.129. The van der Waals surface area contributed by atoms with Gasteiger partial charge in [-0.1, -0.05) is 72.3 Å². The smallest absolute Gasteiger partial charge is 0.363 e. The highest BCUT2D eigenvalue weighted by Gasteiger charge is 2.24. The summed E-state index contributed by atoms with van der Waals surface area (Å²) in [5.74, 6) is 0.904. The number of hydrogen-bond acceptors (Lipinski definition) is 5. The number of carbonyl (C=O) groups is 1. The molecule has 184 valence electrons. The third-order valence-corrected chi connectivity index (χ3v) is 6.47. The molecule has 0 bridgehead atoms. The number of methoxy groups -OCH3 is 1. The van der Waals surface area contributed by atoms with Crippen molar-refractivity contribution in [2.24, 2.45) is 4.99 Å². The van der Waals surface area contributed by atoms with Crippen LogP contribution in [0.1, 0.15) is 22.3 Å². The zero-order valence-corrected chi connectivity index (χ0v) is 22.0. The summed E-state index contributed by atoms with van der Waals surface area (Å²) in [6.07, 6.45) is 1.67. The Morgan fingerprint density at radius 1 is 0.892 bits per heavy atom. The SMILES string of the molecule is COc1cc(/C=C2\N=C(c3ccc(-c4ccccc4)cc3)OC2=O)cc(Br)c1OCc1cccc(C)c1. The molecule has 5 nitrogen and oxygen atoms in total. The highest BCUT2D eigenvalue weighted by atomic mass is 79.9. The van der Waals surface area contributed by atoms with Crippen LogP contribution in [-0.4, -0.2) is 19.0 Å². The predicted octanol–water partition coefficient (Wildman–Crippen LogP) is 7.36. The number of benzene rings is 4. The summed E-state index contributed by atoms with van der Waals surface area (Å²) in [5, 5.41) is 0. The number of halogens is 1. The lowest BCUT2D eigenvalue weighted by Crippen LogP contribution is -2.05. The summed E-state index contributed by atoms with van der Waals surface area (Å²) in [7, 11) is 1.58. The highest BCUT2D eigenvalue weighted by Crippen LogP contribution is 2.38. The van der Waals surface area contributed by atoms with Gasteiger partial charge >= 0.3 is 5.97 Å². The molecule has 0 unspecified atom stereocenters. The van der Waals surface area contributed by atoms with E-state index in [0.29, 0.717) is 22.6 Å². The van der Waals surface area contributed by atoms with E-state index >= 15 is 0 Å². The van der Waals surface area contributed by atoms with E-state index in [-0.39, 0.29) is 11.6 Å². The minimum Gasteiger partial charge on any atom is -0.493 e. The molecule has 0 radical (unpaired) electrons. The number of aryl methyl sites for hydroxylation is 1. The average Bonchev–Trinajstić information content (AvgIpc) is 3.28. The number of carbonyl (C=O) groups excluding carboxylic acids is 1. The first-order valence-corrected chi connectivity index (χ1v) is 12.5. The van der Waals surface area contributed by atoms with Crippen molar-refractivity contribution < 1.29 is 19.0 Å². The Bertz CT molecular complexity index is 1510. The molecular formula is C31H24BrNO4. The summed E-state index contributed by atoms with van der Waals surface area (Å²) >= 11 is 3.58. The molecule has 1 aliphatic heterocycles. The molecular weight excluding hydrogens is 530 g/mol. The van der Waals surface area contributed by atoms with Gasteiger partial charge in [-0.15, -0.1) is 0 Å². The van der Waals surface area contributed by atoms with Crippen molar-refractivity contribution in [2.75, 3.05) is 7.11 Å². The number of nitrogens with zero attached hydrogens (tertiary/aromatic N) is 1. The van der Waals surface area contributed by atoms with E-state index in [1.807, 2.05) is 85.8 Å². The van der Waals surface area contributed by atoms with Gasteiger partial charge in [0, 0.05) is 5.56 Å². The first-order valence-electron chi connectivity index (χ1n) is 11.7. The van der Waals surface area contributed by atoms with Crippen molar-refractivity contribution in [3.05, 3.63) is 123 Å². The Balaban J connectivity index is 1.36. The summed E-state index contributed by atoms with van der Waals surface area (Å²) in [6, 6.07) is 29.7. The molecule has 1 aliphatic rings. The Kier molecular flexibility index (Phi) is 7.19. The number of aliphatic imine (C=N–C) groups is 1. The zero-order valence-electron chi connectivity index (χ0n) is 20.4. The molecule has 0 fully saturated rings. The normalized spacial score (nSPS) is 13.9. The van der Waals surface area contributed by atoms with Gasteiger partial charge in [0.05, 0.1) is 11.6 Å². The molecule has 0 amide bonds. The van der Waals surface area contributed by atoms with Crippen LogP contribution < -0.4 is 9.47 Å². The minimum absolute atomic E-state index is 0.213. The molecule has 0 atom stereocenters. The van der Waals surface area contributed by atoms with Crippen LogP contribution in [0.25, 0.3) is 17.2 Å². The Labute approximate surface area is 224 Å². The maximum absolute atomic E-state index is 12.6. The summed E-state index contributed by atoms with van der Waals surface area (Å²) in [6.45, 7) is 2.45. The Morgan fingerprint density at radius 3 is 2.35 bits per heavy atom. The molecule has 0 saturated carbocycles. The topological polar surface area (TPSA) is 57.1 Å². The fourth-order valence-corrected chi connectivity index (χ4v) is 4.62. The standard InChI is InChI=1S/C31H24BrNO4/c1-20-7-6-8-21(15-20)19-36-29-26(32)16-22(18-28(29)35-2)17-27-31(34)37-30(33-27)25-13-11-24(12-14-25)23-9-4-3-5-10-23/h3-18H,19H2,1-2H3/b27-17-. The molecule has 4 aromatic carbocycles. The van der Waals surface area contributed by atoms with Gasteiger partial charge in [-0.05, 0) is 75.4 Å². The van der Waals surface area contributed by atoms with Crippen molar-refractivity contribution in [3.63, 3.8) is 0 Å². The number of ether oxygens (including phenoxy) is 3. The second-order valence-corrected chi connectivity index (χ2v) is 9.45. The monoisotopic (exact) mass is 553 g/mol. The second-order valence-electron chi connectivity index (χ2n) is 8.59. The van der Waals surface area contributed by atoms with Crippen LogP contribution in [0.5, 0.6) is 11.5 Å². The van der Waals surface area contributed by atoms with Crippen molar-refractivity contribution in [1.29, 1.82) is 0 Å². The first kappa shape index (κ1) is 24.5. The van der Waals surface area contributed by atoms with Gasteiger partial charge in [0.25, 0.3) is 0 Å². The third-order valence-electron chi connectivity index (χ3n) is 5.88. The van der Waals surface area contributed by atoms with E-state index in [9.17, 15) is 4.79 Å². The molecule has 5 rings (SSSR count). The second kappa shape index (κ2) is 10.8. The van der Waals surface area contributed by atoms with Crippen molar-refractivity contribution in [3.8, 4) is 22.6 Å². The lowest BCUT2D eigenvalue weighted by Gasteiger charge is -2.14. The van der Waals surface area contributed by atoms with Gasteiger partial charge in [-0.25, -0.2) is 9.79 Å². The van der Waals surface area contributed by atoms with Crippen molar-refractivity contribution in [2.45, 2.75) is 13.5 Å². The average molecular weight is 554 g/mol. The first-order chi connectivity index (χ1) is 18.0. The van der Waals surface area contributed by atoms with Crippen LogP contribution in [-0.2, 0) is 16.1 Å². The van der Waals surface area contributed by atoms with Crippen LogP contribution in [0.15, 0.2) is 106 Å². The lowest BCUT2D eigenvalue weighted by atomic mass is 10.0. The summed E-state index contributed by atoms with van der Waals surface area (Å²) in [4.78, 5) is 17.0. The maximum atomic E-state index is 12.6. The quantitative estimate of drug-likeness (QED) is 0.177. The van der Waals surface area contributed by atoms with E-state index in [4.69, 9.17) is 14.2 Å². The van der Waals surface area contributed by atoms with Crippen LogP contribution in [0, 0.1) is 6.92 Å². The highest BCUT2D eigenvalue weighted by molar-refractivity contribution is 9.10. The molecule has 1 heterocycles. The fourth-order valence-electron chi connectivity index (χ4n) is 4.05. The molecule has 4 aromatic rings.